The molecule has 1 rings (SSSR count). The van der Waals surface area contributed by atoms with Crippen LogP contribution in [0.3, 0.4) is 0 Å². The summed E-state index contributed by atoms with van der Waals surface area (Å²) >= 11 is 0. The number of nitrogens with zero attached hydrogens (tertiary/aromatic N) is 1. The van der Waals surface area contributed by atoms with Crippen LogP contribution in [0.5, 0.6) is 0 Å². The maximum atomic E-state index is 8.56. The summed E-state index contributed by atoms with van der Waals surface area (Å²) in [6, 6.07) is 12.5. The minimum Gasteiger partial charge on any atom is -0.198 e. The molecule has 1 heteroatoms. The fourth-order valence-corrected chi connectivity index (χ4v) is 1.09. The number of rotatable bonds is 3. The number of hydrogen-bond donors (Lipinski definition) is 0. The van der Waals surface area contributed by atoms with Gasteiger partial charge in [0.2, 0.25) is 0 Å². The Morgan fingerprint density at radius 1 is 1.33 bits per heavy atom. The first-order valence-electron chi connectivity index (χ1n) is 4.26. The first-order chi connectivity index (χ1) is 5.83. The Kier molecular flexibility index (Phi) is 3.35. The first kappa shape index (κ1) is 8.80. The van der Waals surface area contributed by atoms with Gasteiger partial charge in [-0.05, 0) is 25.3 Å². The van der Waals surface area contributed by atoms with E-state index in [1.165, 1.54) is 5.56 Å². The molecule has 1 nitrogen and oxygen atoms in total. The van der Waals surface area contributed by atoms with Crippen molar-refractivity contribution in [3.8, 4) is 6.07 Å². The Morgan fingerprint density at radius 3 is 2.58 bits per heavy atom. The average molecular weight is 159 g/mol. The van der Waals surface area contributed by atoms with Crippen LogP contribution in [-0.2, 0) is 6.42 Å². The van der Waals surface area contributed by atoms with Gasteiger partial charge >= 0.3 is 0 Å². The molecule has 0 N–H and O–H groups in total. The van der Waals surface area contributed by atoms with Crippen molar-refractivity contribution < 1.29 is 0 Å². The molecule has 0 aromatic heterocycles. The molecule has 0 saturated carbocycles. The molecule has 0 fully saturated rings. The summed E-state index contributed by atoms with van der Waals surface area (Å²) in [4.78, 5) is 0. The third kappa shape index (κ3) is 2.75. The topological polar surface area (TPSA) is 23.8 Å². The van der Waals surface area contributed by atoms with Gasteiger partial charge in [0.15, 0.2) is 0 Å². The predicted octanol–water partition coefficient (Wildman–Crippen LogP) is 2.78. The highest BCUT2D eigenvalue weighted by atomic mass is 14.3. The molecule has 0 aliphatic heterocycles. The molecule has 0 heterocycles. The number of nitriles is 1. The van der Waals surface area contributed by atoms with Crippen molar-refractivity contribution in [1.82, 2.24) is 0 Å². The van der Waals surface area contributed by atoms with Crippen LogP contribution in [0.2, 0.25) is 0 Å². The average Bonchev–Trinajstić information content (AvgIpc) is 2.16. The van der Waals surface area contributed by atoms with E-state index in [0.29, 0.717) is 0 Å². The molecule has 1 aromatic carbocycles. The predicted molar refractivity (Wildman–Crippen MR) is 49.5 cm³/mol. The summed E-state index contributed by atoms with van der Waals surface area (Å²) in [5.41, 5.74) is 1.32. The molecule has 0 spiro atoms. The number of aryl methyl sites for hydroxylation is 1. The standard InChI is InChI=1S/C11H13N/c1-10(9-12)7-8-11-5-3-2-4-6-11/h2-6,10H,7-8H2,1H3. The molecule has 0 bridgehead atoms. The second-order valence-corrected chi connectivity index (χ2v) is 3.05. The first-order valence-corrected chi connectivity index (χ1v) is 4.26. The van der Waals surface area contributed by atoms with Crippen molar-refractivity contribution in [3.05, 3.63) is 35.9 Å². The molecular weight excluding hydrogens is 146 g/mol. The largest absolute Gasteiger partial charge is 0.198 e. The molecule has 1 unspecified atom stereocenters. The molecule has 0 saturated heterocycles. The summed E-state index contributed by atoms with van der Waals surface area (Å²) < 4.78 is 0. The van der Waals surface area contributed by atoms with Gasteiger partial charge in [0.05, 0.1) is 6.07 Å². The van der Waals surface area contributed by atoms with E-state index in [1.807, 2.05) is 25.1 Å². The lowest BCUT2D eigenvalue weighted by Crippen LogP contribution is -1.93. The summed E-state index contributed by atoms with van der Waals surface area (Å²) in [7, 11) is 0. The van der Waals surface area contributed by atoms with Crippen LogP contribution < -0.4 is 0 Å². The monoisotopic (exact) mass is 159 g/mol. The van der Waals surface area contributed by atoms with Gasteiger partial charge in [-0.25, -0.2) is 0 Å². The summed E-state index contributed by atoms with van der Waals surface area (Å²) in [6.45, 7) is 1.96. The van der Waals surface area contributed by atoms with Crippen molar-refractivity contribution in [2.24, 2.45) is 5.92 Å². The number of benzene rings is 1. The van der Waals surface area contributed by atoms with E-state index < -0.39 is 0 Å². The lowest BCUT2D eigenvalue weighted by Gasteiger charge is -2.01. The lowest BCUT2D eigenvalue weighted by atomic mass is 10.0. The Bertz CT molecular complexity index is 258. The molecule has 1 atom stereocenters. The maximum Gasteiger partial charge on any atom is 0.0652 e. The molecular formula is C11H13N. The summed E-state index contributed by atoms with van der Waals surface area (Å²) in [6.07, 6.45) is 1.97. The van der Waals surface area contributed by atoms with Gasteiger partial charge in [0.1, 0.15) is 0 Å². The SMILES string of the molecule is CC(C#N)CCc1ccccc1. The van der Waals surface area contributed by atoms with Crippen LogP contribution in [0, 0.1) is 17.2 Å². The van der Waals surface area contributed by atoms with Crippen molar-refractivity contribution >= 4 is 0 Å². The van der Waals surface area contributed by atoms with Gasteiger partial charge < -0.3 is 0 Å². The normalized spacial score (nSPS) is 12.0. The maximum absolute atomic E-state index is 8.56. The van der Waals surface area contributed by atoms with Crippen LogP contribution in [-0.4, -0.2) is 0 Å². The molecule has 62 valence electrons. The minimum atomic E-state index is 0.171. The van der Waals surface area contributed by atoms with E-state index in [4.69, 9.17) is 5.26 Å². The Hall–Kier alpha value is -1.29. The van der Waals surface area contributed by atoms with Gasteiger partial charge in [0.25, 0.3) is 0 Å². The van der Waals surface area contributed by atoms with Gasteiger partial charge in [-0.3, -0.25) is 0 Å². The quantitative estimate of drug-likeness (QED) is 0.665. The fourth-order valence-electron chi connectivity index (χ4n) is 1.09. The van der Waals surface area contributed by atoms with Gasteiger partial charge in [-0.1, -0.05) is 30.3 Å². The van der Waals surface area contributed by atoms with Crippen molar-refractivity contribution in [2.45, 2.75) is 19.8 Å². The second kappa shape index (κ2) is 4.56. The summed E-state index contributed by atoms with van der Waals surface area (Å²) in [5.74, 6) is 0.171. The highest BCUT2D eigenvalue weighted by Gasteiger charge is 1.98. The van der Waals surface area contributed by atoms with Crippen molar-refractivity contribution in [2.75, 3.05) is 0 Å². The second-order valence-electron chi connectivity index (χ2n) is 3.05. The van der Waals surface area contributed by atoms with E-state index in [9.17, 15) is 0 Å². The Labute approximate surface area is 73.6 Å². The highest BCUT2D eigenvalue weighted by Crippen LogP contribution is 2.07. The van der Waals surface area contributed by atoms with E-state index in [2.05, 4.69) is 18.2 Å². The Balaban J connectivity index is 2.40. The zero-order chi connectivity index (χ0) is 8.81. The van der Waals surface area contributed by atoms with Crippen molar-refractivity contribution in [3.63, 3.8) is 0 Å². The zero-order valence-corrected chi connectivity index (χ0v) is 7.33. The van der Waals surface area contributed by atoms with Crippen LogP contribution >= 0.6 is 0 Å². The molecule has 0 aliphatic carbocycles. The number of hydrogen-bond acceptors (Lipinski definition) is 1. The van der Waals surface area contributed by atoms with Crippen molar-refractivity contribution in [1.29, 1.82) is 5.26 Å². The van der Waals surface area contributed by atoms with Crippen LogP contribution in [0.4, 0.5) is 0 Å². The third-order valence-electron chi connectivity index (χ3n) is 1.93. The van der Waals surface area contributed by atoms with E-state index in [1.54, 1.807) is 0 Å². The third-order valence-corrected chi connectivity index (χ3v) is 1.93. The lowest BCUT2D eigenvalue weighted by molar-refractivity contribution is 0.660. The molecule has 1 aromatic rings. The summed E-state index contributed by atoms with van der Waals surface area (Å²) in [5, 5.41) is 8.56. The van der Waals surface area contributed by atoms with E-state index in [-0.39, 0.29) is 5.92 Å². The zero-order valence-electron chi connectivity index (χ0n) is 7.33. The molecule has 0 aliphatic rings. The van der Waals surface area contributed by atoms with Gasteiger partial charge in [0, 0.05) is 5.92 Å². The van der Waals surface area contributed by atoms with Crippen LogP contribution in [0.1, 0.15) is 18.9 Å². The fraction of sp³-hybridized carbons (Fsp3) is 0.364. The highest BCUT2D eigenvalue weighted by molar-refractivity contribution is 5.14. The van der Waals surface area contributed by atoms with Crippen LogP contribution in [0.25, 0.3) is 0 Å². The van der Waals surface area contributed by atoms with E-state index >= 15 is 0 Å². The van der Waals surface area contributed by atoms with Gasteiger partial charge in [-0.15, -0.1) is 0 Å². The Morgan fingerprint density at radius 2 is 2.00 bits per heavy atom. The van der Waals surface area contributed by atoms with Gasteiger partial charge in [-0.2, -0.15) is 5.26 Å². The van der Waals surface area contributed by atoms with Crippen LogP contribution in [0.15, 0.2) is 30.3 Å². The molecule has 12 heavy (non-hydrogen) atoms. The molecule has 0 radical (unpaired) electrons. The smallest absolute Gasteiger partial charge is 0.0652 e. The van der Waals surface area contributed by atoms with E-state index in [0.717, 1.165) is 12.8 Å². The minimum absolute atomic E-state index is 0.171. The molecule has 0 amide bonds.